The topological polar surface area (TPSA) is 73.4 Å². The molecule has 0 atom stereocenters. The molecule has 1 aliphatic heterocycles. The zero-order chi connectivity index (χ0) is 20.1. The molecule has 2 N–H and O–H groups in total. The summed E-state index contributed by atoms with van der Waals surface area (Å²) >= 11 is 0. The SMILES string of the molecule is Cl.NCCCOC1CCN(C(=O)c2ccn(-c3cccc(C(F)(F)F)c3)n2)CC1. The predicted molar refractivity (Wildman–Crippen MR) is 104 cm³/mol. The number of hydrogen-bond acceptors (Lipinski definition) is 4. The van der Waals surface area contributed by atoms with Gasteiger partial charge in [-0.05, 0) is 50.1 Å². The van der Waals surface area contributed by atoms with Gasteiger partial charge in [-0.15, -0.1) is 12.4 Å². The molecule has 0 radical (unpaired) electrons. The Hall–Kier alpha value is -2.10. The number of alkyl halides is 3. The number of nitrogens with zero attached hydrogens (tertiary/aromatic N) is 3. The van der Waals surface area contributed by atoms with E-state index >= 15 is 0 Å². The van der Waals surface area contributed by atoms with Gasteiger partial charge in [0, 0.05) is 25.9 Å². The van der Waals surface area contributed by atoms with E-state index in [1.807, 2.05) is 0 Å². The van der Waals surface area contributed by atoms with Gasteiger partial charge in [0.2, 0.25) is 0 Å². The first kappa shape index (κ1) is 23.2. The minimum atomic E-state index is -4.43. The van der Waals surface area contributed by atoms with Crippen LogP contribution in [0.3, 0.4) is 0 Å². The van der Waals surface area contributed by atoms with Gasteiger partial charge in [0.15, 0.2) is 5.69 Å². The number of carbonyl (C=O) groups is 1. The second kappa shape index (κ2) is 10.1. The van der Waals surface area contributed by atoms with Crippen LogP contribution in [0.1, 0.15) is 35.3 Å². The second-order valence-corrected chi connectivity index (χ2v) is 6.70. The highest BCUT2D eigenvalue weighted by atomic mass is 35.5. The Balaban J connectivity index is 0.00000300. The summed E-state index contributed by atoms with van der Waals surface area (Å²) in [6.07, 6.45) is -0.524. The number of ether oxygens (including phenoxy) is 1. The first-order valence-electron chi connectivity index (χ1n) is 9.23. The average Bonchev–Trinajstić information content (AvgIpc) is 3.18. The molecule has 29 heavy (non-hydrogen) atoms. The van der Waals surface area contributed by atoms with E-state index in [1.165, 1.54) is 29.1 Å². The van der Waals surface area contributed by atoms with Crippen molar-refractivity contribution in [1.29, 1.82) is 0 Å². The van der Waals surface area contributed by atoms with E-state index < -0.39 is 11.7 Å². The molecule has 2 aromatic rings. The van der Waals surface area contributed by atoms with Crippen molar-refractivity contribution < 1.29 is 22.7 Å². The summed E-state index contributed by atoms with van der Waals surface area (Å²) in [7, 11) is 0. The van der Waals surface area contributed by atoms with Crippen LogP contribution >= 0.6 is 12.4 Å². The fourth-order valence-electron chi connectivity index (χ4n) is 3.13. The van der Waals surface area contributed by atoms with Gasteiger partial charge in [-0.1, -0.05) is 6.07 Å². The van der Waals surface area contributed by atoms with Crippen LogP contribution < -0.4 is 5.73 Å². The molecular weight excluding hydrogens is 409 g/mol. The van der Waals surface area contributed by atoms with E-state index in [1.54, 1.807) is 4.90 Å². The Morgan fingerprint density at radius 2 is 1.97 bits per heavy atom. The van der Waals surface area contributed by atoms with Crippen LogP contribution in [0.4, 0.5) is 13.2 Å². The molecule has 0 spiro atoms. The number of likely N-dealkylation sites (tertiary alicyclic amines) is 1. The Morgan fingerprint density at radius 1 is 1.24 bits per heavy atom. The Kier molecular flexibility index (Phi) is 8.06. The van der Waals surface area contributed by atoms with Crippen molar-refractivity contribution in [2.75, 3.05) is 26.2 Å². The van der Waals surface area contributed by atoms with Crippen molar-refractivity contribution in [2.24, 2.45) is 5.73 Å². The van der Waals surface area contributed by atoms with Crippen LogP contribution in [-0.4, -0.2) is 52.9 Å². The van der Waals surface area contributed by atoms with Crippen LogP contribution in [0.2, 0.25) is 0 Å². The van der Waals surface area contributed by atoms with Crippen LogP contribution in [0.25, 0.3) is 5.69 Å². The number of nitrogens with two attached hydrogens (primary N) is 1. The fourth-order valence-corrected chi connectivity index (χ4v) is 3.13. The summed E-state index contributed by atoms with van der Waals surface area (Å²) in [6, 6.07) is 6.36. The maximum atomic E-state index is 12.9. The lowest BCUT2D eigenvalue weighted by atomic mass is 10.1. The Labute approximate surface area is 173 Å². The number of amides is 1. The standard InChI is InChI=1S/C19H23F3N4O2.ClH/c20-19(21,22)14-3-1-4-15(13-14)26-11-7-17(24-26)18(27)25-9-5-16(6-10-25)28-12-2-8-23;/h1,3-4,7,11,13,16H,2,5-6,8-10,12,23H2;1H. The molecule has 1 saturated heterocycles. The number of carbonyl (C=O) groups excluding carboxylic acids is 1. The van der Waals surface area contributed by atoms with Gasteiger partial charge < -0.3 is 15.4 Å². The van der Waals surface area contributed by atoms with Gasteiger partial charge in [0.25, 0.3) is 5.91 Å². The first-order chi connectivity index (χ1) is 13.4. The molecule has 1 aliphatic rings. The van der Waals surface area contributed by atoms with Gasteiger partial charge in [-0.25, -0.2) is 4.68 Å². The first-order valence-corrected chi connectivity index (χ1v) is 9.23. The van der Waals surface area contributed by atoms with Crippen molar-refractivity contribution in [3.63, 3.8) is 0 Å². The molecule has 10 heteroatoms. The van der Waals surface area contributed by atoms with Gasteiger partial charge >= 0.3 is 6.18 Å². The predicted octanol–water partition coefficient (Wildman–Crippen LogP) is 3.28. The molecule has 0 unspecified atom stereocenters. The fraction of sp³-hybridized carbons (Fsp3) is 0.474. The van der Waals surface area contributed by atoms with Crippen LogP contribution in [-0.2, 0) is 10.9 Å². The lowest BCUT2D eigenvalue weighted by Gasteiger charge is -2.31. The molecule has 1 aromatic heterocycles. The highest BCUT2D eigenvalue weighted by molar-refractivity contribution is 5.92. The molecule has 0 saturated carbocycles. The number of rotatable bonds is 6. The molecule has 6 nitrogen and oxygen atoms in total. The maximum absolute atomic E-state index is 12.9. The molecule has 1 fully saturated rings. The summed E-state index contributed by atoms with van der Waals surface area (Å²) in [5.41, 5.74) is 5.15. The van der Waals surface area contributed by atoms with E-state index in [0.29, 0.717) is 26.2 Å². The van der Waals surface area contributed by atoms with Gasteiger partial charge in [0.1, 0.15) is 0 Å². The van der Waals surface area contributed by atoms with E-state index in [9.17, 15) is 18.0 Å². The maximum Gasteiger partial charge on any atom is 0.416 e. The monoisotopic (exact) mass is 432 g/mol. The number of halogens is 4. The van der Waals surface area contributed by atoms with Crippen LogP contribution in [0, 0.1) is 0 Å². The van der Waals surface area contributed by atoms with Crippen molar-refractivity contribution in [3.8, 4) is 5.69 Å². The quantitative estimate of drug-likeness (QED) is 0.711. The van der Waals surface area contributed by atoms with Crippen molar-refractivity contribution in [1.82, 2.24) is 14.7 Å². The van der Waals surface area contributed by atoms with Crippen LogP contribution in [0.15, 0.2) is 36.5 Å². The molecule has 1 amide bonds. The third-order valence-electron chi connectivity index (χ3n) is 4.68. The largest absolute Gasteiger partial charge is 0.416 e. The normalized spacial score (nSPS) is 15.2. The molecule has 0 bridgehead atoms. The smallest absolute Gasteiger partial charge is 0.378 e. The minimum absolute atomic E-state index is 0. The number of benzene rings is 1. The van der Waals surface area contributed by atoms with Crippen molar-refractivity contribution in [2.45, 2.75) is 31.5 Å². The van der Waals surface area contributed by atoms with Crippen LogP contribution in [0.5, 0.6) is 0 Å². The number of aromatic nitrogens is 2. The van der Waals surface area contributed by atoms with Gasteiger partial charge in [0.05, 0.1) is 17.4 Å². The molecule has 0 aliphatic carbocycles. The highest BCUT2D eigenvalue weighted by Crippen LogP contribution is 2.30. The lowest BCUT2D eigenvalue weighted by Crippen LogP contribution is -2.41. The highest BCUT2D eigenvalue weighted by Gasteiger charge is 2.31. The zero-order valence-corrected chi connectivity index (χ0v) is 16.6. The molecular formula is C19H24ClF3N4O2. The minimum Gasteiger partial charge on any atom is -0.378 e. The number of hydrogen-bond donors (Lipinski definition) is 1. The zero-order valence-electron chi connectivity index (χ0n) is 15.8. The lowest BCUT2D eigenvalue weighted by molar-refractivity contribution is -0.137. The molecule has 3 rings (SSSR count). The molecule has 160 valence electrons. The third-order valence-corrected chi connectivity index (χ3v) is 4.68. The summed E-state index contributed by atoms with van der Waals surface area (Å²) in [5, 5.41) is 4.17. The second-order valence-electron chi connectivity index (χ2n) is 6.70. The average molecular weight is 433 g/mol. The number of piperidine rings is 1. The van der Waals surface area contributed by atoms with E-state index in [0.717, 1.165) is 31.4 Å². The Bertz CT molecular complexity index is 805. The summed E-state index contributed by atoms with van der Waals surface area (Å²) in [5.74, 6) is -0.230. The van der Waals surface area contributed by atoms with E-state index in [-0.39, 0.29) is 35.8 Å². The van der Waals surface area contributed by atoms with Gasteiger partial charge in [-0.3, -0.25) is 4.79 Å². The summed E-state index contributed by atoms with van der Waals surface area (Å²) in [4.78, 5) is 14.3. The summed E-state index contributed by atoms with van der Waals surface area (Å²) in [6.45, 7) is 2.33. The van der Waals surface area contributed by atoms with Gasteiger partial charge in [-0.2, -0.15) is 18.3 Å². The molecule has 2 heterocycles. The van der Waals surface area contributed by atoms with E-state index in [4.69, 9.17) is 10.5 Å². The van der Waals surface area contributed by atoms with Crippen molar-refractivity contribution >= 4 is 18.3 Å². The van der Waals surface area contributed by atoms with Crippen molar-refractivity contribution in [3.05, 3.63) is 47.8 Å². The van der Waals surface area contributed by atoms with E-state index in [2.05, 4.69) is 5.10 Å². The Morgan fingerprint density at radius 3 is 2.62 bits per heavy atom. The summed E-state index contributed by atoms with van der Waals surface area (Å²) < 4.78 is 45.7. The molecule has 1 aromatic carbocycles. The third kappa shape index (κ3) is 5.94.